The van der Waals surface area contributed by atoms with E-state index in [9.17, 15) is 9.59 Å². The van der Waals surface area contributed by atoms with Crippen LogP contribution in [0, 0.1) is 12.0 Å². The first-order chi connectivity index (χ1) is 8.25. The van der Waals surface area contributed by atoms with Crippen molar-refractivity contribution < 1.29 is 9.59 Å². The lowest BCUT2D eigenvalue weighted by Crippen LogP contribution is -2.37. The number of hydrogen-bond donors (Lipinski definition) is 2. The van der Waals surface area contributed by atoms with E-state index in [1.165, 1.54) is 0 Å². The summed E-state index contributed by atoms with van der Waals surface area (Å²) in [7, 11) is 0. The largest absolute Gasteiger partial charge is 0.325 e. The highest BCUT2D eigenvalue weighted by Gasteiger charge is 2.23. The van der Waals surface area contributed by atoms with Crippen LogP contribution in [0.5, 0.6) is 0 Å². The van der Waals surface area contributed by atoms with Crippen molar-refractivity contribution in [1.29, 1.82) is 0 Å². The molecule has 3 amide bonds. The number of urea groups is 1. The SMILES string of the molecule is O=C(NC(=O)C1CCCC1)Nc1c[c]ccc1. The topological polar surface area (TPSA) is 58.2 Å². The van der Waals surface area contributed by atoms with Gasteiger partial charge in [-0.05, 0) is 31.0 Å². The first kappa shape index (κ1) is 11.6. The van der Waals surface area contributed by atoms with Crippen molar-refractivity contribution in [3.05, 3.63) is 30.3 Å². The molecule has 0 unspecified atom stereocenters. The van der Waals surface area contributed by atoms with Crippen LogP contribution in [-0.2, 0) is 4.79 Å². The van der Waals surface area contributed by atoms with Crippen molar-refractivity contribution in [2.75, 3.05) is 5.32 Å². The molecule has 17 heavy (non-hydrogen) atoms. The average Bonchev–Trinajstić information content (AvgIpc) is 2.83. The molecular weight excluding hydrogens is 216 g/mol. The summed E-state index contributed by atoms with van der Waals surface area (Å²) in [6.45, 7) is 0. The summed E-state index contributed by atoms with van der Waals surface area (Å²) in [5.74, 6) is -0.164. The lowest BCUT2D eigenvalue weighted by molar-refractivity contribution is -0.123. The number of rotatable bonds is 2. The number of nitrogens with one attached hydrogen (secondary N) is 2. The van der Waals surface area contributed by atoms with E-state index in [1.54, 1.807) is 24.3 Å². The highest BCUT2D eigenvalue weighted by atomic mass is 16.2. The summed E-state index contributed by atoms with van der Waals surface area (Å²) in [6, 6.07) is 9.29. The zero-order chi connectivity index (χ0) is 12.1. The second kappa shape index (κ2) is 5.48. The first-order valence-electron chi connectivity index (χ1n) is 5.83. The normalized spacial score (nSPS) is 15.5. The number of imide groups is 1. The molecule has 0 spiro atoms. The third kappa shape index (κ3) is 3.31. The van der Waals surface area contributed by atoms with Crippen molar-refractivity contribution >= 4 is 17.6 Å². The van der Waals surface area contributed by atoms with Gasteiger partial charge >= 0.3 is 6.03 Å². The fourth-order valence-electron chi connectivity index (χ4n) is 2.04. The van der Waals surface area contributed by atoms with Gasteiger partial charge in [-0.2, -0.15) is 0 Å². The third-order valence-corrected chi connectivity index (χ3v) is 2.93. The molecule has 0 heterocycles. The fraction of sp³-hybridized carbons (Fsp3) is 0.385. The Kier molecular flexibility index (Phi) is 3.75. The molecule has 1 saturated carbocycles. The monoisotopic (exact) mass is 231 g/mol. The molecular formula is C13H15N2O2. The predicted molar refractivity (Wildman–Crippen MR) is 64.4 cm³/mol. The quantitative estimate of drug-likeness (QED) is 0.820. The van der Waals surface area contributed by atoms with Crippen LogP contribution in [-0.4, -0.2) is 11.9 Å². The summed E-state index contributed by atoms with van der Waals surface area (Å²) in [4.78, 5) is 23.2. The Balaban J connectivity index is 1.83. The Morgan fingerprint density at radius 3 is 2.71 bits per heavy atom. The van der Waals surface area contributed by atoms with Gasteiger partial charge in [0.1, 0.15) is 0 Å². The van der Waals surface area contributed by atoms with Gasteiger partial charge in [-0.15, -0.1) is 0 Å². The van der Waals surface area contributed by atoms with Crippen LogP contribution >= 0.6 is 0 Å². The number of anilines is 1. The number of carbonyl (C=O) groups excluding carboxylic acids is 2. The molecule has 0 atom stereocenters. The van der Waals surface area contributed by atoms with Gasteiger partial charge in [0.05, 0.1) is 0 Å². The highest BCUT2D eigenvalue weighted by molar-refractivity contribution is 6.01. The summed E-state index contributed by atoms with van der Waals surface area (Å²) < 4.78 is 0. The van der Waals surface area contributed by atoms with Crippen molar-refractivity contribution in [2.45, 2.75) is 25.7 Å². The van der Waals surface area contributed by atoms with Crippen LogP contribution in [0.2, 0.25) is 0 Å². The van der Waals surface area contributed by atoms with Gasteiger partial charge in [0, 0.05) is 11.6 Å². The van der Waals surface area contributed by atoms with Crippen LogP contribution in [0.4, 0.5) is 10.5 Å². The summed E-state index contributed by atoms with van der Waals surface area (Å²) >= 11 is 0. The molecule has 2 N–H and O–H groups in total. The van der Waals surface area contributed by atoms with E-state index in [1.807, 2.05) is 0 Å². The molecule has 0 saturated heterocycles. The Morgan fingerprint density at radius 1 is 1.29 bits per heavy atom. The summed E-state index contributed by atoms with van der Waals surface area (Å²) in [6.07, 6.45) is 3.93. The zero-order valence-electron chi connectivity index (χ0n) is 9.53. The van der Waals surface area contributed by atoms with Crippen molar-refractivity contribution in [2.24, 2.45) is 5.92 Å². The van der Waals surface area contributed by atoms with Crippen LogP contribution in [0.1, 0.15) is 25.7 Å². The minimum Gasteiger partial charge on any atom is -0.308 e. The molecule has 89 valence electrons. The molecule has 0 aromatic heterocycles. The van der Waals surface area contributed by atoms with Gasteiger partial charge in [0.2, 0.25) is 5.91 Å². The standard InChI is InChI=1S/C13H15N2O2/c16-12(10-6-4-5-7-10)15-13(17)14-11-8-2-1-3-9-11/h1-2,8-10H,4-7H2,(H2,14,15,16,17). The molecule has 0 bridgehead atoms. The minimum absolute atomic E-state index is 0.00286. The van der Waals surface area contributed by atoms with Gasteiger partial charge in [0.15, 0.2) is 0 Å². The minimum atomic E-state index is -0.471. The Bertz CT molecular complexity index is 397. The molecule has 1 aliphatic carbocycles. The van der Waals surface area contributed by atoms with Gasteiger partial charge in [-0.1, -0.05) is 25.0 Å². The fourth-order valence-corrected chi connectivity index (χ4v) is 2.04. The maximum absolute atomic E-state index is 11.7. The molecule has 0 aliphatic heterocycles. The maximum atomic E-state index is 11.7. The van der Waals surface area contributed by atoms with E-state index < -0.39 is 6.03 Å². The van der Waals surface area contributed by atoms with Crippen LogP contribution in [0.25, 0.3) is 0 Å². The molecule has 4 nitrogen and oxygen atoms in total. The van der Waals surface area contributed by atoms with Gasteiger partial charge in [0.25, 0.3) is 0 Å². The maximum Gasteiger partial charge on any atom is 0.325 e. The smallest absolute Gasteiger partial charge is 0.308 e. The molecule has 1 radical (unpaired) electrons. The average molecular weight is 231 g/mol. The molecule has 1 aliphatic rings. The molecule has 1 fully saturated rings. The van der Waals surface area contributed by atoms with Crippen LogP contribution in [0.3, 0.4) is 0 Å². The van der Waals surface area contributed by atoms with E-state index in [0.717, 1.165) is 25.7 Å². The second-order valence-corrected chi connectivity index (χ2v) is 4.22. The number of amides is 3. The van der Waals surface area contributed by atoms with Gasteiger partial charge in [-0.3, -0.25) is 10.1 Å². The summed E-state index contributed by atoms with van der Waals surface area (Å²) in [5, 5.41) is 4.96. The van der Waals surface area contributed by atoms with E-state index in [0.29, 0.717) is 5.69 Å². The van der Waals surface area contributed by atoms with E-state index in [4.69, 9.17) is 0 Å². The van der Waals surface area contributed by atoms with Gasteiger partial charge < -0.3 is 5.32 Å². The van der Waals surface area contributed by atoms with Crippen molar-refractivity contribution in [1.82, 2.24) is 5.32 Å². The highest BCUT2D eigenvalue weighted by Crippen LogP contribution is 2.24. The lowest BCUT2D eigenvalue weighted by Gasteiger charge is -2.10. The molecule has 1 aromatic carbocycles. The third-order valence-electron chi connectivity index (χ3n) is 2.93. The Labute approximate surface area is 100 Å². The van der Waals surface area contributed by atoms with E-state index in [-0.39, 0.29) is 11.8 Å². The predicted octanol–water partition coefficient (Wildman–Crippen LogP) is 2.33. The summed E-state index contributed by atoms with van der Waals surface area (Å²) in [5.41, 5.74) is 0.629. The molecule has 1 aromatic rings. The van der Waals surface area contributed by atoms with Crippen LogP contribution < -0.4 is 10.6 Å². The van der Waals surface area contributed by atoms with E-state index in [2.05, 4.69) is 16.7 Å². The number of hydrogen-bond acceptors (Lipinski definition) is 2. The van der Waals surface area contributed by atoms with E-state index >= 15 is 0 Å². The Morgan fingerprint density at radius 2 is 2.06 bits per heavy atom. The second-order valence-electron chi connectivity index (χ2n) is 4.22. The Hall–Kier alpha value is -1.84. The molecule has 2 rings (SSSR count). The lowest BCUT2D eigenvalue weighted by atomic mass is 10.1. The zero-order valence-corrected chi connectivity index (χ0v) is 9.53. The van der Waals surface area contributed by atoms with Crippen molar-refractivity contribution in [3.63, 3.8) is 0 Å². The van der Waals surface area contributed by atoms with Crippen LogP contribution in [0.15, 0.2) is 24.3 Å². The number of benzene rings is 1. The van der Waals surface area contributed by atoms with Crippen molar-refractivity contribution in [3.8, 4) is 0 Å². The van der Waals surface area contributed by atoms with Gasteiger partial charge in [-0.25, -0.2) is 4.79 Å². The number of carbonyl (C=O) groups is 2. The first-order valence-corrected chi connectivity index (χ1v) is 5.83. The molecule has 4 heteroatoms.